The first kappa shape index (κ1) is 15.2. The van der Waals surface area contributed by atoms with Gasteiger partial charge in [0.05, 0.1) is 11.6 Å². The molecule has 18 heavy (non-hydrogen) atoms. The predicted octanol–water partition coefficient (Wildman–Crippen LogP) is 3.50. The van der Waals surface area contributed by atoms with E-state index in [1.54, 1.807) is 0 Å². The lowest BCUT2D eigenvalue weighted by molar-refractivity contribution is 0.295. The minimum absolute atomic E-state index is 0.233. The topological polar surface area (TPSA) is 30.5 Å². The molecule has 0 unspecified atom stereocenters. The minimum Gasteiger partial charge on any atom is -0.490 e. The van der Waals surface area contributed by atoms with Crippen LogP contribution in [-0.4, -0.2) is 20.3 Å². The number of halogens is 2. The van der Waals surface area contributed by atoms with Crippen molar-refractivity contribution in [2.24, 2.45) is 0 Å². The largest absolute Gasteiger partial charge is 0.490 e. The minimum atomic E-state index is 0.233. The van der Waals surface area contributed by atoms with Crippen molar-refractivity contribution in [1.82, 2.24) is 5.32 Å². The summed E-state index contributed by atoms with van der Waals surface area (Å²) in [5.74, 6) is 1.37. The Balaban J connectivity index is 2.82. The molecule has 0 fully saturated rings. The zero-order valence-electron chi connectivity index (χ0n) is 10.5. The standard InChI is InChI=1S/C13H17Cl2NO2/c1-3-17-13-6-10(8-16-2)4-5-12(13)18-9-11(15)7-14/h4-7,16H,3,8-9H2,1-2H3. The highest BCUT2D eigenvalue weighted by molar-refractivity contribution is 6.36. The van der Waals surface area contributed by atoms with Crippen LogP contribution in [0.25, 0.3) is 0 Å². The van der Waals surface area contributed by atoms with E-state index >= 15 is 0 Å². The van der Waals surface area contributed by atoms with Crippen LogP contribution in [0.4, 0.5) is 0 Å². The van der Waals surface area contributed by atoms with Crippen LogP contribution in [-0.2, 0) is 6.54 Å². The molecule has 0 atom stereocenters. The first-order chi connectivity index (χ1) is 8.71. The maximum Gasteiger partial charge on any atom is 0.161 e. The molecule has 0 saturated heterocycles. The fraction of sp³-hybridized carbons (Fsp3) is 0.385. The summed E-state index contributed by atoms with van der Waals surface area (Å²) in [7, 11) is 1.90. The highest BCUT2D eigenvalue weighted by atomic mass is 35.5. The summed E-state index contributed by atoms with van der Waals surface area (Å²) in [6.45, 7) is 3.53. The average molecular weight is 290 g/mol. The van der Waals surface area contributed by atoms with Crippen LogP contribution >= 0.6 is 23.2 Å². The third-order valence-corrected chi connectivity index (χ3v) is 2.77. The molecule has 0 aromatic heterocycles. The zero-order chi connectivity index (χ0) is 13.4. The van der Waals surface area contributed by atoms with Gasteiger partial charge in [-0.1, -0.05) is 29.3 Å². The van der Waals surface area contributed by atoms with Gasteiger partial charge in [-0.2, -0.15) is 0 Å². The maximum atomic E-state index is 5.78. The van der Waals surface area contributed by atoms with Crippen LogP contribution in [0.5, 0.6) is 11.5 Å². The van der Waals surface area contributed by atoms with E-state index in [1.165, 1.54) is 5.54 Å². The summed E-state index contributed by atoms with van der Waals surface area (Å²) in [5.41, 5.74) is 2.42. The number of benzene rings is 1. The average Bonchev–Trinajstić information content (AvgIpc) is 2.38. The molecule has 0 bridgehead atoms. The molecule has 0 amide bonds. The summed E-state index contributed by atoms with van der Waals surface area (Å²) < 4.78 is 11.1. The third kappa shape index (κ3) is 4.77. The van der Waals surface area contributed by atoms with E-state index in [2.05, 4.69) is 5.32 Å². The molecule has 3 nitrogen and oxygen atoms in total. The van der Waals surface area contributed by atoms with Gasteiger partial charge in [0.25, 0.3) is 0 Å². The smallest absolute Gasteiger partial charge is 0.161 e. The van der Waals surface area contributed by atoms with E-state index in [1.807, 2.05) is 32.2 Å². The van der Waals surface area contributed by atoms with Crippen molar-refractivity contribution in [3.63, 3.8) is 0 Å². The summed E-state index contributed by atoms with van der Waals surface area (Å²) >= 11 is 11.3. The van der Waals surface area contributed by atoms with E-state index in [4.69, 9.17) is 32.7 Å². The van der Waals surface area contributed by atoms with E-state index < -0.39 is 0 Å². The number of nitrogens with one attached hydrogen (secondary N) is 1. The van der Waals surface area contributed by atoms with Gasteiger partial charge in [0, 0.05) is 12.1 Å². The molecule has 0 saturated carbocycles. The molecule has 0 aliphatic rings. The second-order valence-corrected chi connectivity index (χ2v) is 4.29. The molecular weight excluding hydrogens is 273 g/mol. The van der Waals surface area contributed by atoms with Crippen molar-refractivity contribution < 1.29 is 9.47 Å². The molecular formula is C13H17Cl2NO2. The summed E-state index contributed by atoms with van der Waals surface area (Å²) in [6.07, 6.45) is 0. The van der Waals surface area contributed by atoms with Crippen LogP contribution in [0.1, 0.15) is 12.5 Å². The molecule has 1 aromatic rings. The molecule has 0 aliphatic carbocycles. The number of ether oxygens (including phenoxy) is 2. The lowest BCUT2D eigenvalue weighted by Gasteiger charge is -2.13. The van der Waals surface area contributed by atoms with Gasteiger partial charge in [-0.15, -0.1) is 0 Å². The number of hydrogen-bond acceptors (Lipinski definition) is 3. The first-order valence-corrected chi connectivity index (χ1v) is 6.50. The van der Waals surface area contributed by atoms with Gasteiger partial charge in [-0.25, -0.2) is 0 Å². The van der Waals surface area contributed by atoms with E-state index in [9.17, 15) is 0 Å². The fourth-order valence-electron chi connectivity index (χ4n) is 1.43. The maximum absolute atomic E-state index is 5.78. The number of rotatable bonds is 7. The normalized spacial score (nSPS) is 11.4. The fourth-order valence-corrected chi connectivity index (χ4v) is 1.55. The van der Waals surface area contributed by atoms with E-state index in [0.717, 1.165) is 12.1 Å². The van der Waals surface area contributed by atoms with Gasteiger partial charge in [-0.05, 0) is 31.7 Å². The second kappa shape index (κ2) is 8.25. The van der Waals surface area contributed by atoms with Crippen LogP contribution < -0.4 is 14.8 Å². The predicted molar refractivity (Wildman–Crippen MR) is 75.7 cm³/mol. The Morgan fingerprint density at radius 3 is 2.72 bits per heavy atom. The molecule has 0 heterocycles. The van der Waals surface area contributed by atoms with Crippen molar-refractivity contribution in [2.75, 3.05) is 20.3 Å². The van der Waals surface area contributed by atoms with Gasteiger partial charge in [0.15, 0.2) is 11.5 Å². The van der Waals surface area contributed by atoms with Gasteiger partial charge in [0.2, 0.25) is 0 Å². The monoisotopic (exact) mass is 289 g/mol. The van der Waals surface area contributed by atoms with Crippen LogP contribution in [0.2, 0.25) is 0 Å². The Hall–Kier alpha value is -0.900. The molecule has 1 rings (SSSR count). The second-order valence-electron chi connectivity index (χ2n) is 3.59. The van der Waals surface area contributed by atoms with Gasteiger partial charge < -0.3 is 14.8 Å². The third-order valence-electron chi connectivity index (χ3n) is 2.17. The number of hydrogen-bond donors (Lipinski definition) is 1. The van der Waals surface area contributed by atoms with Crippen molar-refractivity contribution in [3.05, 3.63) is 34.3 Å². The molecule has 5 heteroatoms. The molecule has 100 valence electrons. The van der Waals surface area contributed by atoms with Crippen LogP contribution in [0, 0.1) is 0 Å². The van der Waals surface area contributed by atoms with Gasteiger partial charge >= 0.3 is 0 Å². The zero-order valence-corrected chi connectivity index (χ0v) is 12.0. The Morgan fingerprint density at radius 1 is 1.33 bits per heavy atom. The Kier molecular flexibility index (Phi) is 6.94. The quantitative estimate of drug-likeness (QED) is 0.833. The van der Waals surface area contributed by atoms with Gasteiger partial charge in [0.1, 0.15) is 6.61 Å². The van der Waals surface area contributed by atoms with E-state index in [0.29, 0.717) is 23.1 Å². The highest BCUT2D eigenvalue weighted by Crippen LogP contribution is 2.29. The molecule has 1 N–H and O–H groups in total. The molecule has 0 aliphatic heterocycles. The van der Waals surface area contributed by atoms with Gasteiger partial charge in [-0.3, -0.25) is 0 Å². The van der Waals surface area contributed by atoms with Crippen molar-refractivity contribution in [2.45, 2.75) is 13.5 Å². The van der Waals surface area contributed by atoms with Crippen molar-refractivity contribution in [3.8, 4) is 11.5 Å². The summed E-state index contributed by atoms with van der Waals surface area (Å²) in [5, 5.41) is 3.53. The summed E-state index contributed by atoms with van der Waals surface area (Å²) in [4.78, 5) is 0. The summed E-state index contributed by atoms with van der Waals surface area (Å²) in [6, 6.07) is 5.80. The lowest BCUT2D eigenvalue weighted by Crippen LogP contribution is -2.06. The van der Waals surface area contributed by atoms with Crippen LogP contribution in [0.15, 0.2) is 28.8 Å². The van der Waals surface area contributed by atoms with Crippen molar-refractivity contribution >= 4 is 23.2 Å². The molecule has 0 spiro atoms. The molecule has 0 radical (unpaired) electrons. The lowest BCUT2D eigenvalue weighted by atomic mass is 10.2. The Morgan fingerprint density at radius 2 is 2.11 bits per heavy atom. The SMILES string of the molecule is CCOc1cc(CNC)ccc1OCC(Cl)=CCl. The van der Waals surface area contributed by atoms with E-state index in [-0.39, 0.29) is 6.61 Å². The first-order valence-electron chi connectivity index (χ1n) is 5.69. The van der Waals surface area contributed by atoms with Crippen LogP contribution in [0.3, 0.4) is 0 Å². The Labute approximate surface area is 118 Å². The van der Waals surface area contributed by atoms with Crippen molar-refractivity contribution in [1.29, 1.82) is 0 Å². The Bertz CT molecular complexity index is 408. The highest BCUT2D eigenvalue weighted by Gasteiger charge is 2.07. The molecule has 1 aromatic carbocycles.